The normalized spacial score (nSPS) is 11.7. The van der Waals surface area contributed by atoms with Gasteiger partial charge in [0, 0.05) is 25.2 Å². The number of rotatable bonds is 11. The summed E-state index contributed by atoms with van der Waals surface area (Å²) in [6.07, 6.45) is 1.24. The SMILES string of the molecule is CCCc1cc(OC)c(OCCNC(C)=O)cc1NCC(O)CCl. The Morgan fingerprint density at radius 2 is 2.12 bits per heavy atom. The highest BCUT2D eigenvalue weighted by Crippen LogP contribution is 2.34. The van der Waals surface area contributed by atoms with E-state index in [1.54, 1.807) is 7.11 Å². The van der Waals surface area contributed by atoms with Crippen molar-refractivity contribution >= 4 is 23.2 Å². The van der Waals surface area contributed by atoms with Crippen LogP contribution in [-0.2, 0) is 11.2 Å². The number of benzene rings is 1. The molecule has 0 aromatic heterocycles. The van der Waals surface area contributed by atoms with Crippen molar-refractivity contribution in [3.05, 3.63) is 17.7 Å². The maximum absolute atomic E-state index is 10.9. The minimum atomic E-state index is -0.618. The number of carbonyl (C=O) groups excluding carboxylic acids is 1. The average Bonchev–Trinajstić information content (AvgIpc) is 2.57. The van der Waals surface area contributed by atoms with Gasteiger partial charge in [-0.2, -0.15) is 0 Å². The van der Waals surface area contributed by atoms with Crippen LogP contribution in [-0.4, -0.2) is 49.8 Å². The first kappa shape index (κ1) is 20.4. The van der Waals surface area contributed by atoms with Gasteiger partial charge in [0.2, 0.25) is 5.91 Å². The Bertz CT molecular complexity index is 526. The van der Waals surface area contributed by atoms with Gasteiger partial charge in [0.25, 0.3) is 0 Å². The van der Waals surface area contributed by atoms with E-state index in [0.717, 1.165) is 24.1 Å². The largest absolute Gasteiger partial charge is 0.493 e. The number of nitrogens with one attached hydrogen (secondary N) is 2. The van der Waals surface area contributed by atoms with Crippen LogP contribution < -0.4 is 20.1 Å². The van der Waals surface area contributed by atoms with Crippen LogP contribution in [0.4, 0.5) is 5.69 Å². The van der Waals surface area contributed by atoms with Crippen molar-refractivity contribution in [3.8, 4) is 11.5 Å². The number of anilines is 1. The third-order valence-corrected chi connectivity index (χ3v) is 3.70. The molecule has 1 rings (SSSR count). The summed E-state index contributed by atoms with van der Waals surface area (Å²) in [5, 5.41) is 15.5. The molecule has 1 unspecified atom stereocenters. The molecular formula is C17H27ClN2O4. The van der Waals surface area contributed by atoms with E-state index in [4.69, 9.17) is 21.1 Å². The van der Waals surface area contributed by atoms with E-state index in [-0.39, 0.29) is 11.8 Å². The summed E-state index contributed by atoms with van der Waals surface area (Å²) in [5.41, 5.74) is 1.97. The number of aliphatic hydroxyl groups is 1. The predicted octanol–water partition coefficient (Wildman–Crippen LogP) is 2.17. The first-order valence-corrected chi connectivity index (χ1v) is 8.61. The van der Waals surface area contributed by atoms with Gasteiger partial charge >= 0.3 is 0 Å². The molecule has 0 saturated carbocycles. The topological polar surface area (TPSA) is 79.8 Å². The number of aryl methyl sites for hydroxylation is 1. The maximum atomic E-state index is 10.9. The highest BCUT2D eigenvalue weighted by atomic mass is 35.5. The van der Waals surface area contributed by atoms with Crippen LogP contribution in [0.3, 0.4) is 0 Å². The summed E-state index contributed by atoms with van der Waals surface area (Å²) in [6, 6.07) is 3.80. The van der Waals surface area contributed by atoms with Gasteiger partial charge in [0.1, 0.15) is 6.61 Å². The summed E-state index contributed by atoms with van der Waals surface area (Å²) in [6.45, 7) is 4.68. The Hall–Kier alpha value is -1.66. The number of amides is 1. The fourth-order valence-electron chi connectivity index (χ4n) is 2.19. The number of ether oxygens (including phenoxy) is 2. The Balaban J connectivity index is 2.89. The van der Waals surface area contributed by atoms with Crippen molar-refractivity contribution in [2.45, 2.75) is 32.8 Å². The third kappa shape index (κ3) is 6.84. The number of carbonyl (C=O) groups is 1. The monoisotopic (exact) mass is 358 g/mol. The van der Waals surface area contributed by atoms with E-state index in [0.29, 0.717) is 31.2 Å². The van der Waals surface area contributed by atoms with Crippen LogP contribution in [0.2, 0.25) is 0 Å². The lowest BCUT2D eigenvalue weighted by Crippen LogP contribution is -2.25. The van der Waals surface area contributed by atoms with Crippen molar-refractivity contribution in [2.75, 3.05) is 38.0 Å². The van der Waals surface area contributed by atoms with Crippen molar-refractivity contribution in [3.63, 3.8) is 0 Å². The quantitative estimate of drug-likeness (QED) is 0.417. The molecule has 6 nitrogen and oxygen atoms in total. The Morgan fingerprint density at radius 3 is 2.71 bits per heavy atom. The first-order valence-electron chi connectivity index (χ1n) is 8.07. The number of aliphatic hydroxyl groups excluding tert-OH is 1. The van der Waals surface area contributed by atoms with Crippen LogP contribution >= 0.6 is 11.6 Å². The standard InChI is InChI=1S/C17H27ClN2O4/c1-4-5-13-8-16(23-3)17(24-7-6-19-12(2)21)9-15(13)20-11-14(22)10-18/h8-9,14,20,22H,4-7,10-11H2,1-3H3,(H,19,21). The lowest BCUT2D eigenvalue weighted by molar-refractivity contribution is -0.119. The molecule has 0 fully saturated rings. The summed E-state index contributed by atoms with van der Waals surface area (Å²) < 4.78 is 11.1. The van der Waals surface area contributed by atoms with Crippen LogP contribution in [0.1, 0.15) is 25.8 Å². The summed E-state index contributed by atoms with van der Waals surface area (Å²) in [4.78, 5) is 10.9. The Labute approximate surface area is 148 Å². The average molecular weight is 359 g/mol. The number of halogens is 1. The first-order chi connectivity index (χ1) is 11.5. The number of hydrogen-bond acceptors (Lipinski definition) is 5. The third-order valence-electron chi connectivity index (χ3n) is 3.35. The molecule has 0 aliphatic carbocycles. The minimum absolute atomic E-state index is 0.0960. The molecule has 0 aliphatic heterocycles. The lowest BCUT2D eigenvalue weighted by Gasteiger charge is -2.18. The van der Waals surface area contributed by atoms with Crippen molar-refractivity contribution in [1.29, 1.82) is 0 Å². The van der Waals surface area contributed by atoms with E-state index >= 15 is 0 Å². The molecule has 1 aromatic carbocycles. The van der Waals surface area contributed by atoms with Crippen LogP contribution in [0.5, 0.6) is 11.5 Å². The van der Waals surface area contributed by atoms with Crippen LogP contribution in [0.25, 0.3) is 0 Å². The molecule has 0 bridgehead atoms. The van der Waals surface area contributed by atoms with Crippen molar-refractivity contribution in [2.24, 2.45) is 0 Å². The minimum Gasteiger partial charge on any atom is -0.493 e. The van der Waals surface area contributed by atoms with Gasteiger partial charge in [0.05, 0.1) is 25.6 Å². The molecular weight excluding hydrogens is 332 g/mol. The molecule has 0 radical (unpaired) electrons. The fraction of sp³-hybridized carbons (Fsp3) is 0.588. The molecule has 7 heteroatoms. The second kappa shape index (κ2) is 11.0. The maximum Gasteiger partial charge on any atom is 0.216 e. The molecule has 1 atom stereocenters. The Kier molecular flexibility index (Phi) is 9.34. The molecule has 1 aromatic rings. The van der Waals surface area contributed by atoms with E-state index < -0.39 is 6.10 Å². The summed E-state index contributed by atoms with van der Waals surface area (Å²) in [5.74, 6) is 1.31. The van der Waals surface area contributed by atoms with Crippen LogP contribution in [0.15, 0.2) is 12.1 Å². The molecule has 1 amide bonds. The second-order valence-corrected chi connectivity index (χ2v) is 5.74. The van der Waals surface area contributed by atoms with E-state index in [1.165, 1.54) is 6.92 Å². The zero-order valence-corrected chi connectivity index (χ0v) is 15.3. The van der Waals surface area contributed by atoms with E-state index in [2.05, 4.69) is 17.6 Å². The highest BCUT2D eigenvalue weighted by molar-refractivity contribution is 6.18. The van der Waals surface area contributed by atoms with Crippen molar-refractivity contribution < 1.29 is 19.4 Å². The predicted molar refractivity (Wildman–Crippen MR) is 96.4 cm³/mol. The second-order valence-electron chi connectivity index (χ2n) is 5.43. The van der Waals surface area contributed by atoms with E-state index in [1.807, 2.05) is 12.1 Å². The lowest BCUT2D eigenvalue weighted by atomic mass is 10.1. The van der Waals surface area contributed by atoms with Gasteiger partial charge in [-0.3, -0.25) is 4.79 Å². The van der Waals surface area contributed by atoms with E-state index in [9.17, 15) is 9.90 Å². The molecule has 0 saturated heterocycles. The molecule has 0 aliphatic rings. The molecule has 0 spiro atoms. The summed E-state index contributed by atoms with van der Waals surface area (Å²) >= 11 is 5.64. The van der Waals surface area contributed by atoms with Crippen LogP contribution in [0, 0.1) is 0 Å². The summed E-state index contributed by atoms with van der Waals surface area (Å²) in [7, 11) is 1.59. The molecule has 3 N–H and O–H groups in total. The van der Waals surface area contributed by atoms with Crippen molar-refractivity contribution in [1.82, 2.24) is 5.32 Å². The van der Waals surface area contributed by atoms with Gasteiger partial charge in [-0.1, -0.05) is 13.3 Å². The van der Waals surface area contributed by atoms with Gasteiger partial charge in [0.15, 0.2) is 11.5 Å². The number of hydrogen-bond donors (Lipinski definition) is 3. The number of methoxy groups -OCH3 is 1. The van der Waals surface area contributed by atoms with Gasteiger partial charge in [-0.15, -0.1) is 11.6 Å². The fourth-order valence-corrected chi connectivity index (χ4v) is 2.29. The van der Waals surface area contributed by atoms with Gasteiger partial charge in [-0.05, 0) is 18.1 Å². The van der Waals surface area contributed by atoms with Gasteiger partial charge < -0.3 is 25.2 Å². The Morgan fingerprint density at radius 1 is 1.38 bits per heavy atom. The number of alkyl halides is 1. The zero-order valence-electron chi connectivity index (χ0n) is 14.5. The molecule has 136 valence electrons. The highest BCUT2D eigenvalue weighted by Gasteiger charge is 2.12. The molecule has 0 heterocycles. The van der Waals surface area contributed by atoms with Gasteiger partial charge in [-0.25, -0.2) is 0 Å². The smallest absolute Gasteiger partial charge is 0.216 e. The molecule has 24 heavy (non-hydrogen) atoms. The zero-order chi connectivity index (χ0) is 17.9.